The summed E-state index contributed by atoms with van der Waals surface area (Å²) >= 11 is 0. The lowest BCUT2D eigenvalue weighted by atomic mass is 9.82. The van der Waals surface area contributed by atoms with Crippen LogP contribution in [0.15, 0.2) is 0 Å². The minimum absolute atomic E-state index is 0.229. The fourth-order valence-corrected chi connectivity index (χ4v) is 2.50. The second-order valence-electron chi connectivity index (χ2n) is 5.29. The Morgan fingerprint density at radius 2 is 1.73 bits per heavy atom. The molecular formula is C16H28O6. The van der Waals surface area contributed by atoms with Gasteiger partial charge in [-0.25, -0.2) is 0 Å². The van der Waals surface area contributed by atoms with Crippen molar-refractivity contribution in [1.82, 2.24) is 0 Å². The number of rotatable bonds is 9. The molecule has 22 heavy (non-hydrogen) atoms. The molecule has 6 nitrogen and oxygen atoms in total. The molecule has 0 aromatic carbocycles. The van der Waals surface area contributed by atoms with Gasteiger partial charge in [0.2, 0.25) is 0 Å². The summed E-state index contributed by atoms with van der Waals surface area (Å²) in [6.45, 7) is 6.63. The summed E-state index contributed by atoms with van der Waals surface area (Å²) in [5.74, 6) is -1.08. The van der Waals surface area contributed by atoms with Gasteiger partial charge in [-0.2, -0.15) is 0 Å². The van der Waals surface area contributed by atoms with Crippen LogP contribution in [0.25, 0.3) is 0 Å². The number of esters is 2. The van der Waals surface area contributed by atoms with Gasteiger partial charge in [0, 0.05) is 6.61 Å². The minimum atomic E-state index is -1.29. The molecule has 6 heteroatoms. The van der Waals surface area contributed by atoms with Gasteiger partial charge in [-0.15, -0.1) is 0 Å². The van der Waals surface area contributed by atoms with Crippen molar-refractivity contribution in [3.05, 3.63) is 0 Å². The van der Waals surface area contributed by atoms with Crippen molar-refractivity contribution in [2.45, 2.75) is 59.2 Å². The van der Waals surface area contributed by atoms with E-state index in [9.17, 15) is 9.59 Å². The van der Waals surface area contributed by atoms with Gasteiger partial charge in [0.15, 0.2) is 11.7 Å². The lowest BCUT2D eigenvalue weighted by Gasteiger charge is -2.29. The Balaban J connectivity index is 2.66. The third-order valence-corrected chi connectivity index (χ3v) is 3.91. The first-order chi connectivity index (χ1) is 10.6. The molecule has 128 valence electrons. The van der Waals surface area contributed by atoms with Crippen LogP contribution in [-0.4, -0.2) is 44.7 Å². The molecule has 1 atom stereocenters. The van der Waals surface area contributed by atoms with Crippen LogP contribution in [-0.2, 0) is 28.5 Å². The van der Waals surface area contributed by atoms with Crippen molar-refractivity contribution >= 4 is 11.9 Å². The van der Waals surface area contributed by atoms with Crippen LogP contribution in [0.3, 0.4) is 0 Å². The average molecular weight is 316 g/mol. The topological polar surface area (TPSA) is 71.1 Å². The highest BCUT2D eigenvalue weighted by Gasteiger charge is 2.47. The van der Waals surface area contributed by atoms with Crippen molar-refractivity contribution in [2.24, 2.45) is 5.41 Å². The monoisotopic (exact) mass is 316 g/mol. The highest BCUT2D eigenvalue weighted by Crippen LogP contribution is 2.31. The highest BCUT2D eigenvalue weighted by molar-refractivity contribution is 6.00. The van der Waals surface area contributed by atoms with Crippen molar-refractivity contribution in [3.8, 4) is 0 Å². The maximum atomic E-state index is 12.3. The molecule has 1 heterocycles. The second-order valence-corrected chi connectivity index (χ2v) is 5.29. The summed E-state index contributed by atoms with van der Waals surface area (Å²) in [6.07, 6.45) is 3.27. The summed E-state index contributed by atoms with van der Waals surface area (Å²) in [7, 11) is 0. The van der Waals surface area contributed by atoms with Crippen LogP contribution in [0.4, 0.5) is 0 Å². The first kappa shape index (κ1) is 18.9. The average Bonchev–Trinajstić information content (AvgIpc) is 2.53. The lowest BCUT2D eigenvalue weighted by Crippen LogP contribution is -2.43. The van der Waals surface area contributed by atoms with Gasteiger partial charge >= 0.3 is 11.9 Å². The van der Waals surface area contributed by atoms with Gasteiger partial charge in [-0.05, 0) is 46.0 Å². The predicted octanol–water partition coefficient (Wildman–Crippen LogP) is 2.44. The molecule has 0 spiro atoms. The molecule has 0 amide bonds. The molecule has 1 aliphatic rings. The Morgan fingerprint density at radius 3 is 2.18 bits per heavy atom. The van der Waals surface area contributed by atoms with Crippen molar-refractivity contribution in [3.63, 3.8) is 0 Å². The lowest BCUT2D eigenvalue weighted by molar-refractivity contribution is -0.183. The largest absolute Gasteiger partial charge is 0.465 e. The molecule has 0 bridgehead atoms. The zero-order valence-corrected chi connectivity index (χ0v) is 13.9. The SMILES string of the molecule is CCOC(=O)C(CC)(CCOC1CCCCO1)C(=O)OCC. The third kappa shape index (κ3) is 4.95. The van der Waals surface area contributed by atoms with Gasteiger partial charge < -0.3 is 18.9 Å². The van der Waals surface area contributed by atoms with E-state index in [1.54, 1.807) is 20.8 Å². The molecule has 1 aliphatic heterocycles. The van der Waals surface area contributed by atoms with E-state index in [0.717, 1.165) is 19.3 Å². The fourth-order valence-electron chi connectivity index (χ4n) is 2.50. The first-order valence-corrected chi connectivity index (χ1v) is 8.18. The van der Waals surface area contributed by atoms with Crippen LogP contribution in [0, 0.1) is 5.41 Å². The van der Waals surface area contributed by atoms with Gasteiger partial charge in [0.25, 0.3) is 0 Å². The Kier molecular flexibility index (Phi) is 8.42. The normalized spacial score (nSPS) is 18.8. The summed E-state index contributed by atoms with van der Waals surface area (Å²) in [6, 6.07) is 0. The molecule has 1 saturated heterocycles. The first-order valence-electron chi connectivity index (χ1n) is 8.18. The molecule has 0 radical (unpaired) electrons. The quantitative estimate of drug-likeness (QED) is 0.480. The summed E-state index contributed by atoms with van der Waals surface area (Å²) in [5.41, 5.74) is -1.29. The van der Waals surface area contributed by atoms with Crippen molar-refractivity contribution < 1.29 is 28.5 Å². The van der Waals surface area contributed by atoms with E-state index in [1.807, 2.05) is 0 Å². The smallest absolute Gasteiger partial charge is 0.323 e. The summed E-state index contributed by atoms with van der Waals surface area (Å²) < 4.78 is 21.3. The maximum Gasteiger partial charge on any atom is 0.323 e. The second kappa shape index (κ2) is 9.79. The summed E-state index contributed by atoms with van der Waals surface area (Å²) in [4.78, 5) is 24.6. The Labute approximate surface area is 132 Å². The summed E-state index contributed by atoms with van der Waals surface area (Å²) in [5, 5.41) is 0. The van der Waals surface area contributed by atoms with Gasteiger partial charge in [-0.1, -0.05) is 6.92 Å². The highest BCUT2D eigenvalue weighted by atomic mass is 16.7. The third-order valence-electron chi connectivity index (χ3n) is 3.91. The fraction of sp³-hybridized carbons (Fsp3) is 0.875. The number of hydrogen-bond acceptors (Lipinski definition) is 6. The van der Waals surface area contributed by atoms with Crippen LogP contribution in [0.1, 0.15) is 52.9 Å². The van der Waals surface area contributed by atoms with Gasteiger partial charge in [0.05, 0.1) is 19.8 Å². The molecule has 1 fully saturated rings. The van der Waals surface area contributed by atoms with E-state index >= 15 is 0 Å². The molecule has 0 saturated carbocycles. The van der Waals surface area contributed by atoms with Crippen LogP contribution >= 0.6 is 0 Å². The maximum absolute atomic E-state index is 12.3. The van der Waals surface area contributed by atoms with E-state index in [2.05, 4.69) is 0 Å². The predicted molar refractivity (Wildman–Crippen MR) is 80.2 cm³/mol. The Bertz CT molecular complexity index is 331. The molecular weight excluding hydrogens is 288 g/mol. The van der Waals surface area contributed by atoms with E-state index in [4.69, 9.17) is 18.9 Å². The Morgan fingerprint density at radius 1 is 1.09 bits per heavy atom. The van der Waals surface area contributed by atoms with Gasteiger partial charge in [-0.3, -0.25) is 9.59 Å². The van der Waals surface area contributed by atoms with Crippen molar-refractivity contribution in [1.29, 1.82) is 0 Å². The number of hydrogen-bond donors (Lipinski definition) is 0. The van der Waals surface area contributed by atoms with Crippen molar-refractivity contribution in [2.75, 3.05) is 26.4 Å². The van der Waals surface area contributed by atoms with Gasteiger partial charge in [0.1, 0.15) is 0 Å². The molecule has 1 rings (SSSR count). The number of ether oxygens (including phenoxy) is 4. The molecule has 0 aromatic rings. The number of carbonyl (C=O) groups excluding carboxylic acids is 2. The van der Waals surface area contributed by atoms with Crippen LogP contribution in [0.5, 0.6) is 0 Å². The molecule has 0 aromatic heterocycles. The zero-order valence-electron chi connectivity index (χ0n) is 13.9. The molecule has 1 unspecified atom stereocenters. The van der Waals surface area contributed by atoms with Crippen LogP contribution < -0.4 is 0 Å². The van der Waals surface area contributed by atoms with Crippen LogP contribution in [0.2, 0.25) is 0 Å². The molecule has 0 aliphatic carbocycles. The zero-order chi connectivity index (χ0) is 16.4. The van der Waals surface area contributed by atoms with E-state index in [0.29, 0.717) is 13.0 Å². The standard InChI is InChI=1S/C16H28O6/c1-4-16(14(17)19-5-2,15(18)20-6-3)10-12-22-13-9-7-8-11-21-13/h13H,4-12H2,1-3H3. The van der Waals surface area contributed by atoms with E-state index in [-0.39, 0.29) is 32.5 Å². The number of carbonyl (C=O) groups is 2. The minimum Gasteiger partial charge on any atom is -0.465 e. The Hall–Kier alpha value is -1.14. The molecule has 0 N–H and O–H groups in total. The van der Waals surface area contributed by atoms with E-state index in [1.165, 1.54) is 0 Å². The van der Waals surface area contributed by atoms with E-state index < -0.39 is 17.4 Å².